The van der Waals surface area contributed by atoms with Crippen LogP contribution in [0.4, 0.5) is 10.2 Å². The molecule has 1 unspecified atom stereocenters. The first kappa shape index (κ1) is 23.6. The number of rotatable bonds is 8. The summed E-state index contributed by atoms with van der Waals surface area (Å²) in [7, 11) is 1.83. The number of carbonyl (C=O) groups is 2. The fraction of sp³-hybridized carbons (Fsp3) is 0.154. The van der Waals surface area contributed by atoms with Crippen molar-refractivity contribution in [2.24, 2.45) is 7.05 Å². The zero-order valence-corrected chi connectivity index (χ0v) is 19.2. The van der Waals surface area contributed by atoms with Gasteiger partial charge in [-0.3, -0.25) is 9.59 Å². The fourth-order valence-corrected chi connectivity index (χ4v) is 3.46. The molecule has 1 atom stereocenters. The molecule has 178 valence electrons. The fourth-order valence-electron chi connectivity index (χ4n) is 3.46. The van der Waals surface area contributed by atoms with E-state index < -0.39 is 6.04 Å². The molecule has 0 bridgehead atoms. The van der Waals surface area contributed by atoms with Crippen LogP contribution >= 0.6 is 0 Å². The number of hydrogen-bond donors (Lipinski definition) is 2. The lowest BCUT2D eigenvalue weighted by atomic mass is 10.1. The number of nitrogens with one attached hydrogen (secondary N) is 2. The average molecular weight is 474 g/mol. The van der Waals surface area contributed by atoms with Crippen LogP contribution in [-0.2, 0) is 23.1 Å². The molecule has 4 aromatic rings. The first-order valence-electron chi connectivity index (χ1n) is 10.9. The maximum atomic E-state index is 13.1. The van der Waals surface area contributed by atoms with Crippen molar-refractivity contribution in [1.82, 2.24) is 19.9 Å². The van der Waals surface area contributed by atoms with Gasteiger partial charge in [0.05, 0.1) is 12.0 Å². The summed E-state index contributed by atoms with van der Waals surface area (Å²) in [6.07, 6.45) is 3.58. The van der Waals surface area contributed by atoms with Gasteiger partial charge in [0.15, 0.2) is 0 Å². The van der Waals surface area contributed by atoms with Crippen molar-refractivity contribution in [1.29, 1.82) is 0 Å². The number of ether oxygens (including phenoxy) is 1. The second-order valence-corrected chi connectivity index (χ2v) is 7.93. The molecule has 4 rings (SSSR count). The highest BCUT2D eigenvalue weighted by molar-refractivity contribution is 5.96. The predicted octanol–water partition coefficient (Wildman–Crippen LogP) is 4.10. The molecule has 0 aliphatic carbocycles. The standard InChI is InChI=1S/C26H24FN5O3/c1-17(33)29-24(14-20-15-28-16-32(20)2)26(34)31-25-5-3-4-23(30-25)18-6-10-21(11-7-18)35-22-12-8-19(27)9-13-22/h3-13,15-16,24H,14H2,1-2H3,(H,29,33)(H,30,31,34). The van der Waals surface area contributed by atoms with Crippen molar-refractivity contribution in [2.75, 3.05) is 5.32 Å². The van der Waals surface area contributed by atoms with Crippen molar-refractivity contribution in [3.05, 3.63) is 90.8 Å². The van der Waals surface area contributed by atoms with Gasteiger partial charge in [0.1, 0.15) is 29.2 Å². The Kier molecular flexibility index (Phi) is 7.15. The maximum absolute atomic E-state index is 13.1. The molecule has 2 heterocycles. The topological polar surface area (TPSA) is 98.1 Å². The number of amides is 2. The zero-order chi connectivity index (χ0) is 24.8. The Balaban J connectivity index is 1.45. The minimum absolute atomic E-state index is 0.289. The quantitative estimate of drug-likeness (QED) is 0.402. The van der Waals surface area contributed by atoms with E-state index in [2.05, 4.69) is 20.6 Å². The van der Waals surface area contributed by atoms with Crippen molar-refractivity contribution >= 4 is 17.6 Å². The lowest BCUT2D eigenvalue weighted by Crippen LogP contribution is -2.44. The Morgan fingerprint density at radius 1 is 1.03 bits per heavy atom. The van der Waals surface area contributed by atoms with Crippen LogP contribution in [0.15, 0.2) is 79.3 Å². The number of nitrogens with zero attached hydrogens (tertiary/aromatic N) is 3. The van der Waals surface area contributed by atoms with Gasteiger partial charge in [-0.25, -0.2) is 14.4 Å². The molecule has 9 heteroatoms. The molecule has 0 saturated carbocycles. The summed E-state index contributed by atoms with van der Waals surface area (Å²) in [5, 5.41) is 5.47. The number of aryl methyl sites for hydroxylation is 1. The lowest BCUT2D eigenvalue weighted by Gasteiger charge is -2.17. The summed E-state index contributed by atoms with van der Waals surface area (Å²) < 4.78 is 20.6. The number of aromatic nitrogens is 3. The lowest BCUT2D eigenvalue weighted by molar-refractivity contribution is -0.125. The van der Waals surface area contributed by atoms with E-state index in [-0.39, 0.29) is 24.1 Å². The van der Waals surface area contributed by atoms with E-state index >= 15 is 0 Å². The first-order chi connectivity index (χ1) is 16.9. The van der Waals surface area contributed by atoms with E-state index in [4.69, 9.17) is 4.74 Å². The Morgan fingerprint density at radius 3 is 2.34 bits per heavy atom. The number of benzene rings is 2. The molecule has 2 aromatic carbocycles. The highest BCUT2D eigenvalue weighted by Crippen LogP contribution is 2.26. The molecule has 0 radical (unpaired) electrons. The molecule has 0 fully saturated rings. The molecule has 0 saturated heterocycles. The number of carbonyl (C=O) groups excluding carboxylic acids is 2. The van der Waals surface area contributed by atoms with Crippen LogP contribution in [0.2, 0.25) is 0 Å². The van der Waals surface area contributed by atoms with Gasteiger partial charge in [-0.2, -0.15) is 0 Å². The van der Waals surface area contributed by atoms with Gasteiger partial charge in [-0.1, -0.05) is 6.07 Å². The molecule has 35 heavy (non-hydrogen) atoms. The van der Waals surface area contributed by atoms with E-state index in [9.17, 15) is 14.0 Å². The van der Waals surface area contributed by atoms with Crippen LogP contribution < -0.4 is 15.4 Å². The van der Waals surface area contributed by atoms with Gasteiger partial charge in [0.2, 0.25) is 11.8 Å². The Labute approximate surface area is 201 Å². The van der Waals surface area contributed by atoms with Crippen LogP contribution in [0.3, 0.4) is 0 Å². The van der Waals surface area contributed by atoms with Gasteiger partial charge in [0, 0.05) is 37.8 Å². The van der Waals surface area contributed by atoms with Gasteiger partial charge < -0.3 is 19.9 Å². The summed E-state index contributed by atoms with van der Waals surface area (Å²) in [5.41, 5.74) is 2.28. The highest BCUT2D eigenvalue weighted by Gasteiger charge is 2.22. The second kappa shape index (κ2) is 10.6. The molecule has 2 amide bonds. The van der Waals surface area contributed by atoms with Gasteiger partial charge in [0.25, 0.3) is 0 Å². The molecular formula is C26H24FN5O3. The minimum Gasteiger partial charge on any atom is -0.457 e. The molecule has 2 aromatic heterocycles. The Hall–Kier alpha value is -4.53. The second-order valence-electron chi connectivity index (χ2n) is 7.93. The normalized spacial score (nSPS) is 11.5. The molecule has 0 aliphatic rings. The summed E-state index contributed by atoms with van der Waals surface area (Å²) in [6, 6.07) is 17.5. The number of imidazole rings is 1. The van der Waals surface area contributed by atoms with E-state index in [0.29, 0.717) is 23.0 Å². The SMILES string of the molecule is CC(=O)NC(Cc1cncn1C)C(=O)Nc1cccc(-c2ccc(Oc3ccc(F)cc3)cc2)n1. The van der Waals surface area contributed by atoms with Crippen molar-refractivity contribution in [3.63, 3.8) is 0 Å². The number of halogens is 1. The average Bonchev–Trinajstić information content (AvgIpc) is 3.25. The number of anilines is 1. The third-order valence-corrected chi connectivity index (χ3v) is 5.22. The third kappa shape index (κ3) is 6.29. The molecular weight excluding hydrogens is 449 g/mol. The van der Waals surface area contributed by atoms with Gasteiger partial charge in [-0.05, 0) is 60.7 Å². The molecule has 8 nitrogen and oxygen atoms in total. The van der Waals surface area contributed by atoms with E-state index in [0.717, 1.165) is 11.3 Å². The van der Waals surface area contributed by atoms with Crippen LogP contribution in [0.1, 0.15) is 12.6 Å². The zero-order valence-electron chi connectivity index (χ0n) is 19.2. The van der Waals surface area contributed by atoms with E-state index in [1.54, 1.807) is 53.5 Å². The van der Waals surface area contributed by atoms with Crippen LogP contribution in [-0.4, -0.2) is 32.4 Å². The Morgan fingerprint density at radius 2 is 1.71 bits per heavy atom. The van der Waals surface area contributed by atoms with Crippen molar-refractivity contribution in [3.8, 4) is 22.8 Å². The first-order valence-corrected chi connectivity index (χ1v) is 10.9. The maximum Gasteiger partial charge on any atom is 0.248 e. The van der Waals surface area contributed by atoms with Crippen LogP contribution in [0.25, 0.3) is 11.3 Å². The van der Waals surface area contributed by atoms with Crippen molar-refractivity contribution < 1.29 is 18.7 Å². The molecule has 2 N–H and O–H groups in total. The summed E-state index contributed by atoms with van der Waals surface area (Å²) >= 11 is 0. The molecule has 0 spiro atoms. The van der Waals surface area contributed by atoms with Crippen molar-refractivity contribution in [2.45, 2.75) is 19.4 Å². The smallest absolute Gasteiger partial charge is 0.248 e. The van der Waals surface area contributed by atoms with Crippen LogP contribution in [0.5, 0.6) is 11.5 Å². The third-order valence-electron chi connectivity index (χ3n) is 5.22. The summed E-state index contributed by atoms with van der Waals surface area (Å²) in [5.74, 6) is 0.469. The summed E-state index contributed by atoms with van der Waals surface area (Å²) in [4.78, 5) is 33.2. The van der Waals surface area contributed by atoms with E-state index in [1.165, 1.54) is 19.1 Å². The predicted molar refractivity (Wildman–Crippen MR) is 129 cm³/mol. The minimum atomic E-state index is -0.781. The molecule has 0 aliphatic heterocycles. The van der Waals surface area contributed by atoms with Crippen LogP contribution in [0, 0.1) is 5.82 Å². The highest BCUT2D eigenvalue weighted by atomic mass is 19.1. The van der Waals surface area contributed by atoms with Gasteiger partial charge >= 0.3 is 0 Å². The number of pyridine rings is 1. The van der Waals surface area contributed by atoms with E-state index in [1.807, 2.05) is 25.2 Å². The largest absolute Gasteiger partial charge is 0.457 e. The Bertz CT molecular complexity index is 1320. The number of hydrogen-bond acceptors (Lipinski definition) is 5. The monoisotopic (exact) mass is 473 g/mol. The van der Waals surface area contributed by atoms with Gasteiger partial charge in [-0.15, -0.1) is 0 Å². The summed E-state index contributed by atoms with van der Waals surface area (Å²) in [6.45, 7) is 1.37.